The van der Waals surface area contributed by atoms with E-state index >= 15 is 0 Å². The van der Waals surface area contributed by atoms with Crippen LogP contribution in [0.5, 0.6) is 17.2 Å². The fourth-order valence-corrected chi connectivity index (χ4v) is 3.29. The van der Waals surface area contributed by atoms with Crippen molar-refractivity contribution in [3.8, 4) is 28.5 Å². The smallest absolute Gasteiger partial charge is 0.251 e. The molecule has 12 nitrogen and oxygen atoms in total. The zero-order chi connectivity index (χ0) is 24.8. The number of nitrogens with one attached hydrogen (secondary N) is 4. The van der Waals surface area contributed by atoms with E-state index in [9.17, 15) is 4.79 Å². The molecule has 2 aromatic heterocycles. The summed E-state index contributed by atoms with van der Waals surface area (Å²) in [7, 11) is 6.22. The minimum Gasteiger partial charge on any atom is -0.493 e. The first-order valence-corrected chi connectivity index (χ1v) is 10.5. The Balaban J connectivity index is 1.49. The van der Waals surface area contributed by atoms with Gasteiger partial charge in [-0.1, -0.05) is 12.1 Å². The summed E-state index contributed by atoms with van der Waals surface area (Å²) in [6.45, 7) is 0. The van der Waals surface area contributed by atoms with Gasteiger partial charge in [-0.3, -0.25) is 9.89 Å². The lowest BCUT2D eigenvalue weighted by Crippen LogP contribution is -2.17. The molecule has 0 unspecified atom stereocenters. The van der Waals surface area contributed by atoms with Gasteiger partial charge in [0.15, 0.2) is 17.3 Å². The molecule has 0 spiro atoms. The van der Waals surface area contributed by atoms with Crippen LogP contribution >= 0.6 is 0 Å². The Hall–Kier alpha value is -4.87. The van der Waals surface area contributed by atoms with Crippen LogP contribution in [0.15, 0.2) is 48.8 Å². The lowest BCUT2D eigenvalue weighted by Gasteiger charge is -2.14. The van der Waals surface area contributed by atoms with Gasteiger partial charge in [0.05, 0.1) is 27.0 Å². The highest BCUT2D eigenvalue weighted by Crippen LogP contribution is 2.40. The number of aromatic amines is 1. The van der Waals surface area contributed by atoms with E-state index < -0.39 is 0 Å². The lowest BCUT2D eigenvalue weighted by molar-refractivity contribution is 0.0963. The predicted octanol–water partition coefficient (Wildman–Crippen LogP) is 3.13. The molecule has 1 amide bonds. The van der Waals surface area contributed by atoms with Crippen LogP contribution in [0, 0.1) is 0 Å². The summed E-state index contributed by atoms with van der Waals surface area (Å²) in [4.78, 5) is 24.4. The van der Waals surface area contributed by atoms with Crippen molar-refractivity contribution in [3.05, 3.63) is 54.4 Å². The van der Waals surface area contributed by atoms with E-state index in [-0.39, 0.29) is 5.91 Å². The van der Waals surface area contributed by atoms with Crippen molar-refractivity contribution < 1.29 is 19.0 Å². The van der Waals surface area contributed by atoms with Crippen LogP contribution in [0.3, 0.4) is 0 Å². The van der Waals surface area contributed by atoms with E-state index in [1.807, 2.05) is 18.2 Å². The van der Waals surface area contributed by atoms with E-state index in [2.05, 4.69) is 41.1 Å². The van der Waals surface area contributed by atoms with Crippen LogP contribution in [-0.4, -0.2) is 59.4 Å². The largest absolute Gasteiger partial charge is 0.493 e. The van der Waals surface area contributed by atoms with Crippen molar-refractivity contribution in [3.63, 3.8) is 0 Å². The zero-order valence-corrected chi connectivity index (χ0v) is 19.5. The number of aromatic nitrogens is 5. The molecule has 4 aromatic rings. The van der Waals surface area contributed by atoms with Crippen LogP contribution in [0.2, 0.25) is 0 Å². The molecule has 0 fully saturated rings. The summed E-state index contributed by atoms with van der Waals surface area (Å²) in [6.07, 6.45) is 1.38. The van der Waals surface area contributed by atoms with Gasteiger partial charge < -0.3 is 30.2 Å². The van der Waals surface area contributed by atoms with Gasteiger partial charge in [0.1, 0.15) is 6.33 Å². The fraction of sp³-hybridized carbons (Fsp3) is 0.174. The average molecular weight is 476 g/mol. The number of hydrogen-bond acceptors (Lipinski definition) is 10. The molecule has 2 heterocycles. The number of carbonyl (C=O) groups is 1. The molecule has 0 radical (unpaired) electrons. The van der Waals surface area contributed by atoms with E-state index in [4.69, 9.17) is 14.2 Å². The quantitative estimate of drug-likeness (QED) is 0.284. The summed E-state index contributed by atoms with van der Waals surface area (Å²) in [6, 6.07) is 12.5. The minimum absolute atomic E-state index is 0.144. The van der Waals surface area contributed by atoms with Crippen molar-refractivity contribution in [1.82, 2.24) is 30.5 Å². The molecule has 0 aliphatic rings. The molecule has 4 rings (SSSR count). The SMILES string of the molecule is CNC(=O)c1ccc(-c2cc(Nc3ncnc(Nc4cc(OC)c(OC)c(OC)c4)n3)n[nH]2)cc1. The minimum atomic E-state index is -0.144. The van der Waals surface area contributed by atoms with E-state index in [1.165, 1.54) is 13.4 Å². The van der Waals surface area contributed by atoms with Crippen molar-refractivity contribution in [2.45, 2.75) is 0 Å². The Morgan fingerprint density at radius 3 is 2.14 bits per heavy atom. The molecule has 0 atom stereocenters. The molecular formula is C23H24N8O4. The molecule has 0 bridgehead atoms. The maximum atomic E-state index is 11.7. The standard InChI is InChI=1S/C23H24N8O4/c1-24-21(32)14-7-5-13(6-8-14)16-11-19(31-30-16)28-23-26-12-25-22(29-23)27-15-9-17(33-2)20(35-4)18(10-15)34-3/h5-12H,1-4H3,(H,24,32)(H3,25,26,27,28,29,30,31). The fourth-order valence-electron chi connectivity index (χ4n) is 3.29. The van der Waals surface area contributed by atoms with Gasteiger partial charge in [0.2, 0.25) is 17.6 Å². The number of benzene rings is 2. The van der Waals surface area contributed by atoms with Crippen LogP contribution < -0.4 is 30.2 Å². The molecule has 35 heavy (non-hydrogen) atoms. The van der Waals surface area contributed by atoms with Gasteiger partial charge in [-0.05, 0) is 17.7 Å². The molecule has 2 aromatic carbocycles. The predicted molar refractivity (Wildman–Crippen MR) is 130 cm³/mol. The molecule has 4 N–H and O–H groups in total. The van der Waals surface area contributed by atoms with Crippen LogP contribution in [-0.2, 0) is 0 Å². The monoisotopic (exact) mass is 476 g/mol. The topological polar surface area (TPSA) is 148 Å². The van der Waals surface area contributed by atoms with Gasteiger partial charge in [0.25, 0.3) is 5.91 Å². The number of methoxy groups -OCH3 is 3. The van der Waals surface area contributed by atoms with Crippen LogP contribution in [0.1, 0.15) is 10.4 Å². The highest BCUT2D eigenvalue weighted by Gasteiger charge is 2.14. The number of amides is 1. The number of H-pyrrole nitrogens is 1. The number of rotatable bonds is 9. The molecule has 0 saturated carbocycles. The average Bonchev–Trinajstić information content (AvgIpc) is 3.36. The highest BCUT2D eigenvalue weighted by molar-refractivity contribution is 5.94. The molecule has 180 valence electrons. The van der Waals surface area contributed by atoms with Crippen molar-refractivity contribution in [2.24, 2.45) is 0 Å². The molecule has 0 aliphatic heterocycles. The Labute approximate surface area is 201 Å². The van der Waals surface area contributed by atoms with E-state index in [1.54, 1.807) is 45.5 Å². The first-order chi connectivity index (χ1) is 17.0. The summed E-state index contributed by atoms with van der Waals surface area (Å²) in [5, 5.41) is 16.0. The summed E-state index contributed by atoms with van der Waals surface area (Å²) >= 11 is 0. The Bertz CT molecular complexity index is 1300. The van der Waals surface area contributed by atoms with Crippen molar-refractivity contribution in [1.29, 1.82) is 0 Å². The van der Waals surface area contributed by atoms with Gasteiger partial charge >= 0.3 is 0 Å². The van der Waals surface area contributed by atoms with Gasteiger partial charge in [0, 0.05) is 36.5 Å². The van der Waals surface area contributed by atoms with E-state index in [0.717, 1.165) is 11.3 Å². The Kier molecular flexibility index (Phi) is 6.91. The van der Waals surface area contributed by atoms with Gasteiger partial charge in [-0.2, -0.15) is 10.1 Å². The maximum Gasteiger partial charge on any atom is 0.251 e. The second-order valence-electron chi connectivity index (χ2n) is 7.12. The van der Waals surface area contributed by atoms with Crippen molar-refractivity contribution in [2.75, 3.05) is 39.0 Å². The third kappa shape index (κ3) is 5.21. The second-order valence-corrected chi connectivity index (χ2v) is 7.12. The highest BCUT2D eigenvalue weighted by atomic mass is 16.5. The van der Waals surface area contributed by atoms with Crippen molar-refractivity contribution >= 4 is 29.3 Å². The third-order valence-corrected chi connectivity index (χ3v) is 5.00. The van der Waals surface area contributed by atoms with Crippen LogP contribution in [0.4, 0.5) is 23.4 Å². The number of anilines is 4. The first kappa shape index (κ1) is 23.3. The van der Waals surface area contributed by atoms with E-state index in [0.29, 0.717) is 46.2 Å². The van der Waals surface area contributed by atoms with Crippen LogP contribution in [0.25, 0.3) is 11.3 Å². The second kappa shape index (κ2) is 10.4. The summed E-state index contributed by atoms with van der Waals surface area (Å²) in [5.74, 6) is 2.44. The lowest BCUT2D eigenvalue weighted by atomic mass is 10.1. The molecule has 0 aliphatic carbocycles. The molecular weight excluding hydrogens is 452 g/mol. The molecule has 0 saturated heterocycles. The first-order valence-electron chi connectivity index (χ1n) is 10.5. The number of carbonyl (C=O) groups excluding carboxylic acids is 1. The third-order valence-electron chi connectivity index (χ3n) is 5.00. The van der Waals surface area contributed by atoms with Gasteiger partial charge in [-0.25, -0.2) is 9.97 Å². The normalized spacial score (nSPS) is 10.4. The number of nitrogens with zero attached hydrogens (tertiary/aromatic N) is 4. The summed E-state index contributed by atoms with van der Waals surface area (Å²) in [5.41, 5.74) is 2.85. The maximum absolute atomic E-state index is 11.7. The number of ether oxygens (including phenoxy) is 3. The van der Waals surface area contributed by atoms with Gasteiger partial charge in [-0.15, -0.1) is 0 Å². The Morgan fingerprint density at radius 1 is 0.886 bits per heavy atom. The molecule has 12 heteroatoms. The Morgan fingerprint density at radius 2 is 1.54 bits per heavy atom. The number of hydrogen-bond donors (Lipinski definition) is 4. The zero-order valence-electron chi connectivity index (χ0n) is 19.5. The summed E-state index contributed by atoms with van der Waals surface area (Å²) < 4.78 is 16.1.